The maximum Gasteiger partial charge on any atom is 0.259 e. The van der Waals surface area contributed by atoms with Gasteiger partial charge in [0.05, 0.1) is 16.9 Å². The van der Waals surface area contributed by atoms with Crippen molar-refractivity contribution in [2.24, 2.45) is 0 Å². The molecular weight excluding hydrogens is 315 g/mol. The van der Waals surface area contributed by atoms with E-state index in [1.807, 2.05) is 0 Å². The fourth-order valence-corrected chi connectivity index (χ4v) is 1.88. The maximum absolute atomic E-state index is 12.9. The molecule has 2 rings (SSSR count). The van der Waals surface area contributed by atoms with E-state index in [1.165, 1.54) is 24.3 Å². The Kier molecular flexibility index (Phi) is 3.71. The van der Waals surface area contributed by atoms with E-state index in [1.54, 1.807) is 6.07 Å². The van der Waals surface area contributed by atoms with Crippen molar-refractivity contribution in [1.29, 1.82) is 0 Å². The van der Waals surface area contributed by atoms with Crippen molar-refractivity contribution in [3.05, 3.63) is 52.3 Å². The highest BCUT2D eigenvalue weighted by Crippen LogP contribution is 2.25. The van der Waals surface area contributed by atoms with Gasteiger partial charge in [0, 0.05) is 4.47 Å². The number of amides is 1. The minimum atomic E-state index is -0.525. The number of hydrogen-bond donors (Lipinski definition) is 3. The summed E-state index contributed by atoms with van der Waals surface area (Å²) in [6.45, 7) is 0. The van der Waals surface area contributed by atoms with Gasteiger partial charge in [-0.15, -0.1) is 0 Å². The fourth-order valence-electron chi connectivity index (χ4n) is 1.53. The molecule has 6 heteroatoms. The topological polar surface area (TPSA) is 75.3 Å². The van der Waals surface area contributed by atoms with Crippen LogP contribution in [0.4, 0.5) is 15.8 Å². The SMILES string of the molecule is Nc1cc(F)ccc1NC(=O)c1ccc(Br)cc1O. The highest BCUT2D eigenvalue weighted by molar-refractivity contribution is 9.10. The molecule has 4 N–H and O–H groups in total. The Labute approximate surface area is 117 Å². The number of benzene rings is 2. The number of anilines is 2. The number of carbonyl (C=O) groups excluding carboxylic acids is 1. The first kappa shape index (κ1) is 13.4. The Bertz CT molecular complexity index is 647. The van der Waals surface area contributed by atoms with E-state index >= 15 is 0 Å². The van der Waals surface area contributed by atoms with E-state index in [-0.39, 0.29) is 22.7 Å². The van der Waals surface area contributed by atoms with Gasteiger partial charge in [0.25, 0.3) is 5.91 Å². The average molecular weight is 325 g/mol. The summed E-state index contributed by atoms with van der Waals surface area (Å²) in [5.41, 5.74) is 6.09. The van der Waals surface area contributed by atoms with Gasteiger partial charge in [0.2, 0.25) is 0 Å². The normalized spacial score (nSPS) is 10.2. The number of rotatable bonds is 2. The van der Waals surface area contributed by atoms with Gasteiger partial charge in [0.1, 0.15) is 11.6 Å². The van der Waals surface area contributed by atoms with Crippen LogP contribution in [0.1, 0.15) is 10.4 Å². The smallest absolute Gasteiger partial charge is 0.259 e. The first-order valence-corrected chi connectivity index (χ1v) is 6.11. The Balaban J connectivity index is 2.25. The third kappa shape index (κ3) is 3.03. The quantitative estimate of drug-likeness (QED) is 0.743. The summed E-state index contributed by atoms with van der Waals surface area (Å²) >= 11 is 3.18. The zero-order chi connectivity index (χ0) is 14.0. The molecule has 19 heavy (non-hydrogen) atoms. The van der Waals surface area contributed by atoms with Gasteiger partial charge in [0.15, 0.2) is 0 Å². The second-order valence-corrected chi connectivity index (χ2v) is 4.76. The van der Waals surface area contributed by atoms with Crippen LogP contribution in [0, 0.1) is 5.82 Å². The molecule has 98 valence electrons. The van der Waals surface area contributed by atoms with E-state index < -0.39 is 11.7 Å². The molecule has 4 nitrogen and oxygen atoms in total. The van der Waals surface area contributed by atoms with Crippen LogP contribution in [0.25, 0.3) is 0 Å². The van der Waals surface area contributed by atoms with E-state index in [2.05, 4.69) is 21.2 Å². The van der Waals surface area contributed by atoms with E-state index in [0.29, 0.717) is 4.47 Å². The molecule has 2 aromatic rings. The average Bonchev–Trinajstić information content (AvgIpc) is 2.32. The zero-order valence-corrected chi connectivity index (χ0v) is 11.2. The number of nitrogens with one attached hydrogen (secondary N) is 1. The van der Waals surface area contributed by atoms with E-state index in [0.717, 1.165) is 6.07 Å². The van der Waals surface area contributed by atoms with Crippen LogP contribution in [-0.4, -0.2) is 11.0 Å². The predicted octanol–water partition coefficient (Wildman–Crippen LogP) is 3.13. The van der Waals surface area contributed by atoms with Crippen molar-refractivity contribution in [2.75, 3.05) is 11.1 Å². The number of carbonyl (C=O) groups is 1. The zero-order valence-electron chi connectivity index (χ0n) is 9.65. The number of nitrogens with two attached hydrogens (primary N) is 1. The Hall–Kier alpha value is -2.08. The van der Waals surface area contributed by atoms with Crippen molar-refractivity contribution >= 4 is 33.2 Å². The van der Waals surface area contributed by atoms with Crippen LogP contribution in [0.5, 0.6) is 5.75 Å². The lowest BCUT2D eigenvalue weighted by molar-refractivity contribution is 0.102. The summed E-state index contributed by atoms with van der Waals surface area (Å²) in [7, 11) is 0. The van der Waals surface area contributed by atoms with Crippen LogP contribution < -0.4 is 11.1 Å². The van der Waals surface area contributed by atoms with Gasteiger partial charge in [-0.1, -0.05) is 15.9 Å². The van der Waals surface area contributed by atoms with Crippen LogP contribution in [0.2, 0.25) is 0 Å². The molecule has 0 saturated carbocycles. The third-order valence-corrected chi connectivity index (χ3v) is 2.96. The highest BCUT2D eigenvalue weighted by atomic mass is 79.9. The molecule has 1 amide bonds. The second-order valence-electron chi connectivity index (χ2n) is 3.85. The van der Waals surface area contributed by atoms with E-state index in [9.17, 15) is 14.3 Å². The lowest BCUT2D eigenvalue weighted by Gasteiger charge is -2.09. The van der Waals surface area contributed by atoms with E-state index in [4.69, 9.17) is 5.73 Å². The number of phenolic OH excluding ortho intramolecular Hbond substituents is 1. The van der Waals surface area contributed by atoms with Crippen molar-refractivity contribution in [3.8, 4) is 5.75 Å². The number of hydrogen-bond acceptors (Lipinski definition) is 3. The standard InChI is InChI=1S/C13H10BrFN2O2/c14-7-1-3-9(12(18)5-7)13(19)17-11-4-2-8(15)6-10(11)16/h1-6,18H,16H2,(H,17,19). The van der Waals surface area contributed by atoms with Gasteiger partial charge in [-0.05, 0) is 36.4 Å². The molecule has 0 heterocycles. The van der Waals surface area contributed by atoms with Crippen LogP contribution >= 0.6 is 15.9 Å². The Morgan fingerprint density at radius 2 is 2.00 bits per heavy atom. The second kappa shape index (κ2) is 5.27. The molecule has 0 saturated heterocycles. The largest absolute Gasteiger partial charge is 0.507 e. The summed E-state index contributed by atoms with van der Waals surface area (Å²) < 4.78 is 13.5. The fraction of sp³-hybridized carbons (Fsp3) is 0. The molecule has 0 bridgehead atoms. The summed E-state index contributed by atoms with van der Waals surface area (Å²) in [4.78, 5) is 11.9. The monoisotopic (exact) mass is 324 g/mol. The summed E-state index contributed by atoms with van der Waals surface area (Å²) in [5, 5.41) is 12.2. The van der Waals surface area contributed by atoms with Crippen molar-refractivity contribution in [1.82, 2.24) is 0 Å². The minimum absolute atomic E-state index is 0.104. The van der Waals surface area contributed by atoms with Crippen LogP contribution in [0.3, 0.4) is 0 Å². The molecule has 0 atom stereocenters. The molecule has 0 aliphatic heterocycles. The number of aromatic hydroxyl groups is 1. The molecule has 0 aliphatic carbocycles. The van der Waals surface area contributed by atoms with Gasteiger partial charge in [-0.25, -0.2) is 4.39 Å². The number of phenols is 1. The van der Waals surface area contributed by atoms with Crippen LogP contribution in [-0.2, 0) is 0 Å². The van der Waals surface area contributed by atoms with Gasteiger partial charge in [-0.3, -0.25) is 4.79 Å². The lowest BCUT2D eigenvalue weighted by atomic mass is 10.1. The number of nitrogen functional groups attached to an aromatic ring is 1. The Morgan fingerprint density at radius 1 is 1.26 bits per heavy atom. The molecule has 0 spiro atoms. The van der Waals surface area contributed by atoms with Crippen molar-refractivity contribution in [2.45, 2.75) is 0 Å². The summed E-state index contributed by atoms with van der Waals surface area (Å²) in [5.74, 6) is -1.17. The lowest BCUT2D eigenvalue weighted by Crippen LogP contribution is -2.13. The third-order valence-electron chi connectivity index (χ3n) is 2.47. The minimum Gasteiger partial charge on any atom is -0.507 e. The maximum atomic E-state index is 12.9. The first-order valence-electron chi connectivity index (χ1n) is 5.32. The molecule has 2 aromatic carbocycles. The first-order chi connectivity index (χ1) is 8.97. The molecule has 0 aromatic heterocycles. The number of halogens is 2. The van der Waals surface area contributed by atoms with Crippen molar-refractivity contribution in [3.63, 3.8) is 0 Å². The summed E-state index contributed by atoms with van der Waals surface area (Å²) in [6.07, 6.45) is 0. The van der Waals surface area contributed by atoms with Gasteiger partial charge < -0.3 is 16.2 Å². The van der Waals surface area contributed by atoms with Crippen molar-refractivity contribution < 1.29 is 14.3 Å². The molecule has 0 unspecified atom stereocenters. The molecule has 0 aliphatic rings. The molecule has 0 radical (unpaired) electrons. The predicted molar refractivity (Wildman–Crippen MR) is 74.6 cm³/mol. The van der Waals surface area contributed by atoms with Crippen LogP contribution in [0.15, 0.2) is 40.9 Å². The van der Waals surface area contributed by atoms with Gasteiger partial charge in [-0.2, -0.15) is 0 Å². The van der Waals surface area contributed by atoms with Gasteiger partial charge >= 0.3 is 0 Å². The molecular formula is C13H10BrFN2O2. The Morgan fingerprint density at radius 3 is 2.63 bits per heavy atom. The highest BCUT2D eigenvalue weighted by Gasteiger charge is 2.13. The molecule has 0 fully saturated rings. The summed E-state index contributed by atoms with van der Waals surface area (Å²) in [6, 6.07) is 8.16.